The predicted molar refractivity (Wildman–Crippen MR) is 59.1 cm³/mol. The molecule has 14 heavy (non-hydrogen) atoms. The van der Waals surface area contributed by atoms with Gasteiger partial charge in [0, 0.05) is 6.42 Å². The van der Waals surface area contributed by atoms with E-state index in [1.54, 1.807) is 13.0 Å². The number of allylic oxidation sites excluding steroid dienone is 2. The van der Waals surface area contributed by atoms with Gasteiger partial charge in [-0.2, -0.15) is 0 Å². The van der Waals surface area contributed by atoms with Crippen LogP contribution >= 0.6 is 0 Å². The lowest BCUT2D eigenvalue weighted by molar-refractivity contribution is -0.107. The molecule has 0 aliphatic carbocycles. The molecule has 0 radical (unpaired) electrons. The summed E-state index contributed by atoms with van der Waals surface area (Å²) in [5.74, 6) is 0. The fourth-order valence-electron chi connectivity index (χ4n) is 1.10. The summed E-state index contributed by atoms with van der Waals surface area (Å²) in [4.78, 5) is 10.1. The van der Waals surface area contributed by atoms with Crippen molar-refractivity contribution < 1.29 is 9.90 Å². The number of carbonyl (C=O) groups excluding carboxylic acids is 1. The minimum atomic E-state index is -0.776. The number of aldehydes is 1. The average molecular weight is 196 g/mol. The Bertz CT molecular complexity index is 214. The molecular formula is C12H20O2. The number of rotatable bonds is 7. The molecule has 0 aromatic rings. The molecule has 0 fully saturated rings. The van der Waals surface area contributed by atoms with E-state index in [0.717, 1.165) is 19.1 Å². The summed E-state index contributed by atoms with van der Waals surface area (Å²) >= 11 is 0. The summed E-state index contributed by atoms with van der Waals surface area (Å²) in [6.07, 6.45) is 7.46. The smallest absolute Gasteiger partial charge is 0.120 e. The molecule has 1 atom stereocenters. The monoisotopic (exact) mass is 196 g/mol. The van der Waals surface area contributed by atoms with E-state index >= 15 is 0 Å². The molecule has 0 aromatic heterocycles. The van der Waals surface area contributed by atoms with Crippen molar-refractivity contribution in [1.82, 2.24) is 0 Å². The highest BCUT2D eigenvalue weighted by Gasteiger charge is 2.12. The molecule has 0 bridgehead atoms. The summed E-state index contributed by atoms with van der Waals surface area (Å²) in [6, 6.07) is 0. The second-order valence-electron chi connectivity index (χ2n) is 3.86. The van der Waals surface area contributed by atoms with Gasteiger partial charge >= 0.3 is 0 Å². The summed E-state index contributed by atoms with van der Waals surface area (Å²) in [6.45, 7) is 7.31. The summed E-state index contributed by atoms with van der Waals surface area (Å²) < 4.78 is 0. The maximum absolute atomic E-state index is 10.1. The van der Waals surface area contributed by atoms with Gasteiger partial charge in [-0.1, -0.05) is 17.7 Å². The van der Waals surface area contributed by atoms with Crippen LogP contribution in [0.2, 0.25) is 0 Å². The zero-order valence-electron chi connectivity index (χ0n) is 9.12. The standard InChI is InChI=1S/C12H20O2/c1-4-12(3,14)9-5-7-11(2)8-6-10-13/h4,7,10,14H,1,5-6,8-9H2,2-3H3. The van der Waals surface area contributed by atoms with E-state index in [9.17, 15) is 9.90 Å². The Morgan fingerprint density at radius 3 is 2.64 bits per heavy atom. The first-order valence-electron chi connectivity index (χ1n) is 4.97. The Hall–Kier alpha value is -0.890. The third kappa shape index (κ3) is 6.61. The Balaban J connectivity index is 3.80. The van der Waals surface area contributed by atoms with Crippen molar-refractivity contribution in [2.45, 2.75) is 45.1 Å². The van der Waals surface area contributed by atoms with Crippen LogP contribution in [0.4, 0.5) is 0 Å². The highest BCUT2D eigenvalue weighted by molar-refractivity contribution is 5.49. The number of aliphatic hydroxyl groups is 1. The van der Waals surface area contributed by atoms with Gasteiger partial charge in [0.05, 0.1) is 5.60 Å². The molecule has 0 saturated heterocycles. The first kappa shape index (κ1) is 13.1. The Morgan fingerprint density at radius 2 is 2.14 bits per heavy atom. The topological polar surface area (TPSA) is 37.3 Å². The van der Waals surface area contributed by atoms with Gasteiger partial charge < -0.3 is 9.90 Å². The largest absolute Gasteiger partial charge is 0.386 e. The van der Waals surface area contributed by atoms with Crippen molar-refractivity contribution in [1.29, 1.82) is 0 Å². The first-order chi connectivity index (χ1) is 6.52. The minimum absolute atomic E-state index is 0.584. The van der Waals surface area contributed by atoms with Crippen LogP contribution in [0.5, 0.6) is 0 Å². The molecule has 1 N–H and O–H groups in total. The number of carbonyl (C=O) groups is 1. The van der Waals surface area contributed by atoms with Crippen LogP contribution in [0.25, 0.3) is 0 Å². The van der Waals surface area contributed by atoms with E-state index in [-0.39, 0.29) is 0 Å². The number of hydrogen-bond donors (Lipinski definition) is 1. The Morgan fingerprint density at radius 1 is 1.50 bits per heavy atom. The summed E-state index contributed by atoms with van der Waals surface area (Å²) in [5.41, 5.74) is 0.429. The molecule has 80 valence electrons. The highest BCUT2D eigenvalue weighted by Crippen LogP contribution is 2.14. The van der Waals surface area contributed by atoms with Gasteiger partial charge in [-0.3, -0.25) is 0 Å². The molecule has 2 heteroatoms. The molecule has 1 unspecified atom stereocenters. The van der Waals surface area contributed by atoms with Crippen LogP contribution in [-0.4, -0.2) is 17.0 Å². The van der Waals surface area contributed by atoms with Crippen molar-refractivity contribution in [3.8, 4) is 0 Å². The van der Waals surface area contributed by atoms with E-state index in [1.165, 1.54) is 5.57 Å². The fraction of sp³-hybridized carbons (Fsp3) is 0.583. The van der Waals surface area contributed by atoms with Crippen LogP contribution in [0.15, 0.2) is 24.3 Å². The molecule has 0 aliphatic heterocycles. The van der Waals surface area contributed by atoms with Gasteiger partial charge in [0.1, 0.15) is 6.29 Å². The molecule has 0 saturated carbocycles. The van der Waals surface area contributed by atoms with Crippen LogP contribution in [0.3, 0.4) is 0 Å². The van der Waals surface area contributed by atoms with Crippen molar-refractivity contribution in [2.24, 2.45) is 0 Å². The third-order valence-corrected chi connectivity index (χ3v) is 2.24. The van der Waals surface area contributed by atoms with Gasteiger partial charge in [0.25, 0.3) is 0 Å². The molecule has 0 rings (SSSR count). The maximum atomic E-state index is 10.1. The molecular weight excluding hydrogens is 176 g/mol. The van der Waals surface area contributed by atoms with Crippen molar-refractivity contribution in [2.75, 3.05) is 0 Å². The van der Waals surface area contributed by atoms with E-state index < -0.39 is 5.60 Å². The Labute approximate surface area is 86.3 Å². The SMILES string of the molecule is C=CC(C)(O)CCC=C(C)CCC=O. The van der Waals surface area contributed by atoms with Gasteiger partial charge in [-0.15, -0.1) is 6.58 Å². The lowest BCUT2D eigenvalue weighted by atomic mass is 9.99. The van der Waals surface area contributed by atoms with Gasteiger partial charge in [0.2, 0.25) is 0 Å². The van der Waals surface area contributed by atoms with Gasteiger partial charge in [0.15, 0.2) is 0 Å². The zero-order valence-corrected chi connectivity index (χ0v) is 9.12. The Kier molecular flexibility index (Phi) is 6.13. The quantitative estimate of drug-likeness (QED) is 0.502. The number of hydrogen-bond acceptors (Lipinski definition) is 2. The highest BCUT2D eigenvalue weighted by atomic mass is 16.3. The van der Waals surface area contributed by atoms with E-state index in [0.29, 0.717) is 12.8 Å². The lowest BCUT2D eigenvalue weighted by Crippen LogP contribution is -2.19. The summed E-state index contributed by atoms with van der Waals surface area (Å²) in [5, 5.41) is 9.61. The van der Waals surface area contributed by atoms with E-state index in [2.05, 4.69) is 12.7 Å². The summed E-state index contributed by atoms with van der Waals surface area (Å²) in [7, 11) is 0. The van der Waals surface area contributed by atoms with Crippen molar-refractivity contribution >= 4 is 6.29 Å². The van der Waals surface area contributed by atoms with Gasteiger partial charge in [-0.25, -0.2) is 0 Å². The fourth-order valence-corrected chi connectivity index (χ4v) is 1.10. The second kappa shape index (κ2) is 6.55. The van der Waals surface area contributed by atoms with Crippen molar-refractivity contribution in [3.05, 3.63) is 24.3 Å². The molecule has 0 heterocycles. The van der Waals surface area contributed by atoms with Crippen LogP contribution in [-0.2, 0) is 4.79 Å². The van der Waals surface area contributed by atoms with Crippen LogP contribution in [0, 0.1) is 0 Å². The van der Waals surface area contributed by atoms with Gasteiger partial charge in [-0.05, 0) is 33.1 Å². The van der Waals surface area contributed by atoms with Crippen LogP contribution < -0.4 is 0 Å². The zero-order chi connectivity index (χ0) is 11.0. The van der Waals surface area contributed by atoms with E-state index in [4.69, 9.17) is 0 Å². The first-order valence-corrected chi connectivity index (χ1v) is 4.97. The molecule has 0 amide bonds. The maximum Gasteiger partial charge on any atom is 0.120 e. The third-order valence-electron chi connectivity index (χ3n) is 2.24. The molecule has 0 aromatic carbocycles. The lowest BCUT2D eigenvalue weighted by Gasteiger charge is -2.16. The second-order valence-corrected chi connectivity index (χ2v) is 3.86. The molecule has 0 spiro atoms. The normalized spacial score (nSPS) is 16.1. The predicted octanol–water partition coefficient (Wildman–Crippen LogP) is 2.63. The van der Waals surface area contributed by atoms with E-state index in [1.807, 2.05) is 6.92 Å². The van der Waals surface area contributed by atoms with Crippen LogP contribution in [0.1, 0.15) is 39.5 Å². The molecule has 2 nitrogen and oxygen atoms in total. The van der Waals surface area contributed by atoms with Crippen molar-refractivity contribution in [3.63, 3.8) is 0 Å². The molecule has 0 aliphatic rings. The minimum Gasteiger partial charge on any atom is -0.386 e. The average Bonchev–Trinajstić information content (AvgIpc) is 2.14.